The average molecular weight is 577 g/mol. The molecular formula is C35H30N4O4. The first-order valence-electron chi connectivity index (χ1n) is 14.8. The number of carbonyl (C=O) groups excluding carboxylic acids is 2. The Morgan fingerprint density at radius 3 is 2.37 bits per heavy atom. The van der Waals surface area contributed by atoms with E-state index in [1.165, 1.54) is 0 Å². The van der Waals surface area contributed by atoms with Crippen molar-refractivity contribution in [1.29, 1.82) is 0 Å². The highest BCUT2D eigenvalue weighted by atomic mass is 16.6. The van der Waals surface area contributed by atoms with Crippen LogP contribution in [0.4, 0.5) is 0 Å². The van der Waals surface area contributed by atoms with Crippen molar-refractivity contribution in [2.24, 2.45) is 0 Å². The van der Waals surface area contributed by atoms with Crippen LogP contribution in [0.2, 0.25) is 0 Å². The Kier molecular flexibility index (Phi) is 4.90. The zero-order chi connectivity index (χ0) is 29.2. The van der Waals surface area contributed by atoms with Gasteiger partial charge in [-0.05, 0) is 36.8 Å². The number of hydrogen-bond donors (Lipinski definition) is 1. The van der Waals surface area contributed by atoms with Crippen molar-refractivity contribution >= 4 is 55.4 Å². The van der Waals surface area contributed by atoms with E-state index in [2.05, 4.69) is 45.6 Å². The van der Waals surface area contributed by atoms with E-state index in [4.69, 9.17) is 9.47 Å². The summed E-state index contributed by atoms with van der Waals surface area (Å²) in [5.41, 5.74) is 5.46. The number of likely N-dealkylation sites (N-methyl/N-ethyl adjacent to an activating group) is 1. The number of benzene rings is 4. The van der Waals surface area contributed by atoms with Crippen molar-refractivity contribution in [2.75, 3.05) is 14.2 Å². The summed E-state index contributed by atoms with van der Waals surface area (Å²) in [6.45, 7) is 2.56. The van der Waals surface area contributed by atoms with E-state index in [1.54, 1.807) is 7.11 Å². The number of methoxy groups -OCH3 is 1. The molecule has 0 radical (unpaired) electrons. The monoisotopic (exact) mass is 576 g/mol. The third kappa shape index (κ3) is 2.97. The molecule has 6 aromatic rings. The molecule has 1 N–H and O–H groups in total. The van der Waals surface area contributed by atoms with Gasteiger partial charge in [-0.1, -0.05) is 54.6 Å². The van der Waals surface area contributed by atoms with Crippen LogP contribution in [0.5, 0.6) is 0 Å². The smallest absolute Gasteiger partial charge is 0.253 e. The fraction of sp³-hybridized carbons (Fsp3) is 0.257. The largest absolute Gasteiger partial charge is 0.374 e. The van der Waals surface area contributed by atoms with Gasteiger partial charge in [0.1, 0.15) is 12.3 Å². The number of carbonyl (C=O) groups is 2. The average Bonchev–Trinajstić information content (AvgIpc) is 3.68. The van der Waals surface area contributed by atoms with E-state index < -0.39 is 18.1 Å². The van der Waals surface area contributed by atoms with Gasteiger partial charge in [-0.2, -0.15) is 0 Å². The van der Waals surface area contributed by atoms with Crippen molar-refractivity contribution < 1.29 is 19.1 Å². The van der Waals surface area contributed by atoms with Crippen molar-refractivity contribution in [2.45, 2.75) is 44.0 Å². The van der Waals surface area contributed by atoms with Gasteiger partial charge in [0, 0.05) is 54.2 Å². The number of ether oxygens (including phenoxy) is 2. The highest BCUT2D eigenvalue weighted by Gasteiger charge is 2.55. The van der Waals surface area contributed by atoms with Gasteiger partial charge in [0.25, 0.3) is 11.8 Å². The first-order chi connectivity index (χ1) is 20.9. The number of nitrogens with zero attached hydrogens (tertiary/aromatic N) is 3. The second-order valence-electron chi connectivity index (χ2n) is 12.1. The van der Waals surface area contributed by atoms with E-state index in [0.717, 1.165) is 54.7 Å². The summed E-state index contributed by atoms with van der Waals surface area (Å²) < 4.78 is 18.1. The molecule has 1 saturated heterocycles. The first-order valence-corrected chi connectivity index (χ1v) is 14.8. The Morgan fingerprint density at radius 1 is 0.953 bits per heavy atom. The fourth-order valence-corrected chi connectivity index (χ4v) is 8.33. The second kappa shape index (κ2) is 8.46. The molecule has 9 rings (SSSR count). The van der Waals surface area contributed by atoms with Crippen LogP contribution >= 0.6 is 0 Å². The molecule has 2 amide bonds. The highest BCUT2D eigenvalue weighted by molar-refractivity contribution is 6.31. The fourth-order valence-electron chi connectivity index (χ4n) is 8.33. The number of nitrogens with one attached hydrogen (secondary N) is 1. The quantitative estimate of drug-likeness (QED) is 0.284. The normalized spacial score (nSPS) is 24.2. The van der Waals surface area contributed by atoms with Gasteiger partial charge >= 0.3 is 0 Å². The van der Waals surface area contributed by atoms with Crippen LogP contribution in [-0.4, -0.2) is 52.2 Å². The molecule has 0 saturated carbocycles. The molecule has 8 heteroatoms. The Hall–Kier alpha value is -4.66. The minimum Gasteiger partial charge on any atom is -0.374 e. The van der Waals surface area contributed by atoms with Crippen LogP contribution < -0.4 is 5.32 Å². The van der Waals surface area contributed by atoms with Gasteiger partial charge in [0.2, 0.25) is 0 Å². The summed E-state index contributed by atoms with van der Waals surface area (Å²) in [6.07, 6.45) is -0.386. The number of hydrogen-bond acceptors (Lipinski definition) is 4. The SMILES string of the molecule is CO[C@@H]1[C@H](N(C)C(=O)[13c]2[13cH][13cH][13cH][13cH][13cH]2)C[C@H]2O[C@]1(C)n1c3ccccc3c3c4c(c5c6ccccc6n2c5c31)C(=O)NC4. The summed E-state index contributed by atoms with van der Waals surface area (Å²) in [4.78, 5) is 29.2. The molecule has 1 fully saturated rings. The van der Waals surface area contributed by atoms with Gasteiger partial charge in [0.05, 0.1) is 33.7 Å². The van der Waals surface area contributed by atoms with E-state index in [9.17, 15) is 9.59 Å². The molecule has 8 nitrogen and oxygen atoms in total. The van der Waals surface area contributed by atoms with Crippen LogP contribution in [0.3, 0.4) is 0 Å². The van der Waals surface area contributed by atoms with E-state index in [-0.39, 0.29) is 17.9 Å². The van der Waals surface area contributed by atoms with Gasteiger partial charge < -0.3 is 28.8 Å². The van der Waals surface area contributed by atoms with Gasteiger partial charge in [-0.15, -0.1) is 0 Å². The molecule has 5 heterocycles. The summed E-state index contributed by atoms with van der Waals surface area (Å²) in [7, 11) is 3.57. The van der Waals surface area contributed by atoms with Crippen LogP contribution in [-0.2, 0) is 21.7 Å². The number of para-hydroxylation sites is 2. The maximum absolute atomic E-state index is 13.9. The zero-order valence-corrected chi connectivity index (χ0v) is 24.1. The summed E-state index contributed by atoms with van der Waals surface area (Å²) in [5, 5.41) is 7.24. The van der Waals surface area contributed by atoms with Crippen LogP contribution in [0, 0.1) is 0 Å². The minimum absolute atomic E-state index is 0.0446. The molecule has 0 aliphatic carbocycles. The van der Waals surface area contributed by atoms with Crippen LogP contribution in [0.25, 0.3) is 43.6 Å². The second-order valence-corrected chi connectivity index (χ2v) is 12.1. The summed E-state index contributed by atoms with van der Waals surface area (Å²) in [5.74, 6) is -0.107. The van der Waals surface area contributed by atoms with Crippen molar-refractivity contribution in [3.05, 3.63) is 95.6 Å². The third-order valence-corrected chi connectivity index (χ3v) is 10.0. The molecule has 4 aromatic carbocycles. The van der Waals surface area contributed by atoms with Crippen LogP contribution in [0.1, 0.15) is 45.9 Å². The molecule has 3 aliphatic heterocycles. The standard InChI is InChI=1S/C35H30N4O4/c1-35-32(42-3)25(37(2)34(41)19-11-5-4-6-12-19)17-26(43-35)38-23-15-9-7-13-20(23)28-29-22(18-36-33(29)40)27-21-14-8-10-16-24(21)39(35)31(27)30(28)38/h4-16,25-26,32H,17-18H2,1-3H3,(H,36,40)/t25-,26-,32-,35+/m1/s1/i4+1,5+1,6+1,11+1,12+1,19+1. The molecule has 214 valence electrons. The summed E-state index contributed by atoms with van der Waals surface area (Å²) >= 11 is 0. The molecule has 2 bridgehead atoms. The van der Waals surface area contributed by atoms with Crippen molar-refractivity contribution in [3.8, 4) is 0 Å². The molecular weight excluding hydrogens is 546 g/mol. The number of rotatable bonds is 3. The van der Waals surface area contributed by atoms with Crippen LogP contribution in [0.15, 0.2) is 78.9 Å². The predicted octanol–water partition coefficient (Wildman–Crippen LogP) is 5.91. The predicted molar refractivity (Wildman–Crippen MR) is 165 cm³/mol. The molecule has 0 spiro atoms. The zero-order valence-electron chi connectivity index (χ0n) is 24.1. The van der Waals surface area contributed by atoms with E-state index in [0.29, 0.717) is 18.5 Å². The molecule has 2 aromatic heterocycles. The van der Waals surface area contributed by atoms with Gasteiger partial charge in [-0.3, -0.25) is 9.59 Å². The van der Waals surface area contributed by atoms with Gasteiger partial charge in [-0.25, -0.2) is 0 Å². The molecule has 43 heavy (non-hydrogen) atoms. The maximum atomic E-state index is 13.9. The first kappa shape index (κ1) is 24.9. The number of amides is 2. The maximum Gasteiger partial charge on any atom is 0.253 e. The Morgan fingerprint density at radius 2 is 1.63 bits per heavy atom. The molecule has 3 aliphatic rings. The van der Waals surface area contributed by atoms with Crippen molar-refractivity contribution in [3.63, 3.8) is 0 Å². The topological polar surface area (TPSA) is 77.7 Å². The Labute approximate surface area is 247 Å². The lowest BCUT2D eigenvalue weighted by atomic mass is 9.91. The number of fused-ring (bicyclic) bond motifs is 13. The van der Waals surface area contributed by atoms with E-state index in [1.807, 2.05) is 66.5 Å². The molecule has 4 atom stereocenters. The third-order valence-electron chi connectivity index (χ3n) is 10.0. The number of aromatic nitrogens is 2. The Bertz CT molecular complexity index is 2180. The lowest BCUT2D eigenvalue weighted by Gasteiger charge is -2.50. The Balaban J connectivity index is 1.43. The van der Waals surface area contributed by atoms with Gasteiger partial charge in [0.15, 0.2) is 5.72 Å². The minimum atomic E-state index is -0.980. The summed E-state index contributed by atoms with van der Waals surface area (Å²) in [6, 6.07) is 25.7. The lowest BCUT2D eigenvalue weighted by molar-refractivity contribution is -0.264. The highest BCUT2D eigenvalue weighted by Crippen LogP contribution is 2.54. The van der Waals surface area contributed by atoms with Crippen molar-refractivity contribution in [1.82, 2.24) is 19.4 Å². The molecule has 0 unspecified atom stereocenters. The lowest BCUT2D eigenvalue weighted by Crippen LogP contribution is -2.61. The van der Waals surface area contributed by atoms with E-state index >= 15 is 0 Å².